The van der Waals surface area contributed by atoms with E-state index in [1.165, 1.54) is 49.1 Å². The molecule has 40 heavy (non-hydrogen) atoms. The number of carbonyl (C=O) groups excluding carboxylic acids is 2. The van der Waals surface area contributed by atoms with Crippen molar-refractivity contribution in [3.8, 4) is 23.1 Å². The van der Waals surface area contributed by atoms with Crippen molar-refractivity contribution in [2.75, 3.05) is 20.8 Å². The molecule has 0 saturated carbocycles. The molecule has 4 atom stereocenters. The summed E-state index contributed by atoms with van der Waals surface area (Å²) in [5.74, 6) is 0.516. The highest BCUT2D eigenvalue weighted by molar-refractivity contribution is 5.66. The van der Waals surface area contributed by atoms with E-state index < -0.39 is 42.4 Å². The van der Waals surface area contributed by atoms with Crippen LogP contribution in [0.5, 0.6) is 17.2 Å². The highest BCUT2D eigenvalue weighted by Crippen LogP contribution is 2.43. The fourth-order valence-corrected chi connectivity index (χ4v) is 4.51. The largest absolute Gasteiger partial charge is 0.497 e. The third-order valence-corrected chi connectivity index (χ3v) is 6.28. The average molecular weight is 558 g/mol. The van der Waals surface area contributed by atoms with Crippen LogP contribution >= 0.6 is 0 Å². The molecule has 5 rings (SSSR count). The van der Waals surface area contributed by atoms with Gasteiger partial charge in [-0.05, 0) is 6.07 Å². The summed E-state index contributed by atoms with van der Waals surface area (Å²) in [7, 11) is 3.05. The van der Waals surface area contributed by atoms with Crippen LogP contribution in [0.2, 0.25) is 0 Å². The molecule has 15 nitrogen and oxygen atoms in total. The lowest BCUT2D eigenvalue weighted by Crippen LogP contribution is -2.32. The molecule has 2 aliphatic rings. The van der Waals surface area contributed by atoms with E-state index >= 15 is 0 Å². The second-order valence-corrected chi connectivity index (χ2v) is 8.94. The molecule has 15 heteroatoms. The molecule has 2 aliphatic heterocycles. The van der Waals surface area contributed by atoms with Crippen molar-refractivity contribution in [2.45, 2.75) is 51.6 Å². The fraction of sp³-hybridized carbons (Fsp3) is 0.440. The molecule has 1 saturated heterocycles. The van der Waals surface area contributed by atoms with Crippen molar-refractivity contribution in [3.05, 3.63) is 52.6 Å². The Morgan fingerprint density at radius 3 is 2.65 bits per heavy atom. The number of esters is 2. The molecule has 1 aromatic carbocycles. The molecule has 0 N–H and O–H groups in total. The predicted octanol–water partition coefficient (Wildman–Crippen LogP) is 1.23. The Balaban J connectivity index is 1.52. The second-order valence-electron chi connectivity index (χ2n) is 8.94. The number of fused-ring (bicyclic) bond motifs is 1. The van der Waals surface area contributed by atoms with Gasteiger partial charge in [0.25, 0.3) is 0 Å². The van der Waals surface area contributed by atoms with Crippen LogP contribution in [0, 0.1) is 0 Å². The maximum absolute atomic E-state index is 13.2. The third kappa shape index (κ3) is 5.46. The van der Waals surface area contributed by atoms with Crippen LogP contribution in [-0.2, 0) is 35.1 Å². The number of rotatable bonds is 8. The van der Waals surface area contributed by atoms with E-state index in [-0.39, 0.29) is 25.5 Å². The number of hydrogen-bond acceptors (Lipinski definition) is 13. The smallest absolute Gasteiger partial charge is 0.351 e. The van der Waals surface area contributed by atoms with E-state index in [1.807, 2.05) is 0 Å². The van der Waals surface area contributed by atoms with Crippen LogP contribution < -0.4 is 19.9 Å². The van der Waals surface area contributed by atoms with Crippen LogP contribution in [0.15, 0.2) is 35.8 Å². The number of methoxy groups -OCH3 is 2. The van der Waals surface area contributed by atoms with Crippen LogP contribution in [0.1, 0.15) is 43.9 Å². The van der Waals surface area contributed by atoms with Crippen molar-refractivity contribution in [1.82, 2.24) is 24.3 Å². The summed E-state index contributed by atoms with van der Waals surface area (Å²) in [6.07, 6.45) is 0.791. The monoisotopic (exact) mass is 557 g/mol. The lowest BCUT2D eigenvalue weighted by molar-refractivity contribution is -0.155. The summed E-state index contributed by atoms with van der Waals surface area (Å²) < 4.78 is 42.1. The molecular formula is C25H27N5O10. The molecule has 0 amide bonds. The van der Waals surface area contributed by atoms with Gasteiger partial charge in [-0.3, -0.25) is 14.2 Å². The average Bonchev–Trinajstić information content (AvgIpc) is 3.61. The van der Waals surface area contributed by atoms with E-state index in [1.54, 1.807) is 19.2 Å². The predicted molar refractivity (Wildman–Crippen MR) is 132 cm³/mol. The molecule has 2 aromatic heterocycles. The van der Waals surface area contributed by atoms with Crippen molar-refractivity contribution in [1.29, 1.82) is 0 Å². The van der Waals surface area contributed by atoms with Crippen LogP contribution in [-0.4, -0.2) is 69.3 Å². The Morgan fingerprint density at radius 2 is 1.98 bits per heavy atom. The Morgan fingerprint density at radius 1 is 1.15 bits per heavy atom. The molecule has 212 valence electrons. The van der Waals surface area contributed by atoms with Crippen molar-refractivity contribution >= 4 is 11.9 Å². The van der Waals surface area contributed by atoms with Gasteiger partial charge in [0.2, 0.25) is 6.29 Å². The van der Waals surface area contributed by atoms with Crippen LogP contribution in [0.25, 0.3) is 5.82 Å². The first kappa shape index (κ1) is 27.1. The summed E-state index contributed by atoms with van der Waals surface area (Å²) >= 11 is 0. The number of carbonyl (C=O) groups is 2. The summed E-state index contributed by atoms with van der Waals surface area (Å²) in [4.78, 5) is 44.5. The Labute approximate surface area is 227 Å². The minimum absolute atomic E-state index is 0.109. The summed E-state index contributed by atoms with van der Waals surface area (Å²) in [6, 6.07) is 3.46. The molecule has 0 radical (unpaired) electrons. The SMILES string of the molecule is COc1cc2c(c(OC)c1)OC(c1cn([C@H]3CC(OC(C)=O)[C@@H](COC(C)=O)O3)c(=O)nc1-n1cncn1)OC2. The number of aromatic nitrogens is 5. The van der Waals surface area contributed by atoms with Gasteiger partial charge in [-0.15, -0.1) is 0 Å². The molecule has 3 aromatic rings. The first-order valence-corrected chi connectivity index (χ1v) is 12.2. The van der Waals surface area contributed by atoms with Gasteiger partial charge >= 0.3 is 17.6 Å². The molecule has 1 fully saturated rings. The van der Waals surface area contributed by atoms with Gasteiger partial charge in [0, 0.05) is 38.1 Å². The van der Waals surface area contributed by atoms with Crippen LogP contribution in [0.4, 0.5) is 0 Å². The van der Waals surface area contributed by atoms with E-state index in [9.17, 15) is 14.4 Å². The topological polar surface area (TPSA) is 164 Å². The number of ether oxygens (including phenoxy) is 7. The zero-order valence-corrected chi connectivity index (χ0v) is 22.1. The van der Waals surface area contributed by atoms with E-state index in [0.29, 0.717) is 28.4 Å². The fourth-order valence-electron chi connectivity index (χ4n) is 4.51. The second kappa shape index (κ2) is 11.3. The van der Waals surface area contributed by atoms with Gasteiger partial charge in [0.15, 0.2) is 17.3 Å². The van der Waals surface area contributed by atoms with E-state index in [4.69, 9.17) is 33.2 Å². The van der Waals surface area contributed by atoms with Gasteiger partial charge in [-0.1, -0.05) is 0 Å². The molecule has 4 heterocycles. The highest BCUT2D eigenvalue weighted by Gasteiger charge is 2.40. The van der Waals surface area contributed by atoms with Gasteiger partial charge < -0.3 is 33.2 Å². The van der Waals surface area contributed by atoms with Gasteiger partial charge in [-0.2, -0.15) is 10.1 Å². The van der Waals surface area contributed by atoms with Crippen molar-refractivity contribution < 1.29 is 42.7 Å². The quantitative estimate of drug-likeness (QED) is 0.364. The molecule has 0 aliphatic carbocycles. The van der Waals surface area contributed by atoms with Gasteiger partial charge in [-0.25, -0.2) is 14.5 Å². The minimum Gasteiger partial charge on any atom is -0.497 e. The first-order valence-electron chi connectivity index (χ1n) is 12.2. The van der Waals surface area contributed by atoms with Crippen molar-refractivity contribution in [3.63, 3.8) is 0 Å². The minimum atomic E-state index is -1.03. The third-order valence-electron chi connectivity index (χ3n) is 6.28. The highest BCUT2D eigenvalue weighted by atomic mass is 16.7. The molecular weight excluding hydrogens is 530 g/mol. The van der Waals surface area contributed by atoms with Gasteiger partial charge in [0.1, 0.15) is 43.4 Å². The molecule has 2 unspecified atom stereocenters. The van der Waals surface area contributed by atoms with E-state index in [2.05, 4.69) is 15.1 Å². The van der Waals surface area contributed by atoms with E-state index in [0.717, 1.165) is 0 Å². The normalized spacial score (nSPS) is 21.7. The molecule has 0 spiro atoms. The number of benzene rings is 1. The number of nitrogens with zero attached hydrogens (tertiary/aromatic N) is 5. The maximum Gasteiger partial charge on any atom is 0.351 e. The standard InChI is InChI=1S/C25H27N5O10/c1-13(31)36-10-20-18(38-14(2)32)7-21(39-20)29-8-17(23(28-25(29)33)30-12-26-11-27-30)24-37-9-15-5-16(34-3)6-19(35-4)22(15)40-24/h5-6,8,11-12,18,20-21,24H,7,9-10H2,1-4H3/t18?,20-,21-,24?/m1/s1. The first-order chi connectivity index (χ1) is 19.3. The van der Waals surface area contributed by atoms with Crippen molar-refractivity contribution in [2.24, 2.45) is 0 Å². The van der Waals surface area contributed by atoms with Gasteiger partial charge in [0.05, 0.1) is 26.4 Å². The zero-order chi connectivity index (χ0) is 28.4. The van der Waals surface area contributed by atoms with Crippen LogP contribution in [0.3, 0.4) is 0 Å². The summed E-state index contributed by atoms with van der Waals surface area (Å²) in [6.45, 7) is 2.49. The molecule has 0 bridgehead atoms. The lowest BCUT2D eigenvalue weighted by Gasteiger charge is -2.29. The zero-order valence-electron chi connectivity index (χ0n) is 22.1. The summed E-state index contributed by atoms with van der Waals surface area (Å²) in [5, 5.41) is 4.11. The Bertz CT molecular complexity index is 1440. The number of hydrogen-bond donors (Lipinski definition) is 0. The lowest BCUT2D eigenvalue weighted by atomic mass is 10.1. The Hall–Kier alpha value is -4.50. The summed E-state index contributed by atoms with van der Waals surface area (Å²) in [5.41, 5.74) is 0.366. The Kier molecular flexibility index (Phi) is 7.66. The maximum atomic E-state index is 13.2.